The van der Waals surface area contributed by atoms with E-state index in [1.165, 1.54) is 44.2 Å². The molecule has 1 saturated carbocycles. The van der Waals surface area contributed by atoms with Crippen molar-refractivity contribution >= 4 is 12.4 Å². The van der Waals surface area contributed by atoms with Crippen LogP contribution in [0.2, 0.25) is 0 Å². The number of likely N-dealkylation sites (tertiary alicyclic amines) is 1. The fourth-order valence-electron chi connectivity index (χ4n) is 3.85. The molecule has 2 fully saturated rings. The average molecular weight is 295 g/mol. The molecular formula is C17H27ClN2. The molecule has 0 unspecified atom stereocenters. The molecule has 2 N–H and O–H groups in total. The molecule has 0 amide bonds. The van der Waals surface area contributed by atoms with Gasteiger partial charge >= 0.3 is 0 Å². The van der Waals surface area contributed by atoms with Gasteiger partial charge in [-0.3, -0.25) is 0 Å². The molecule has 0 spiro atoms. The summed E-state index contributed by atoms with van der Waals surface area (Å²) in [6, 6.07) is 11.1. The molecule has 0 bridgehead atoms. The van der Waals surface area contributed by atoms with Crippen LogP contribution in [-0.4, -0.2) is 30.6 Å². The highest BCUT2D eigenvalue weighted by molar-refractivity contribution is 5.85. The third-order valence-corrected chi connectivity index (χ3v) is 4.91. The average Bonchev–Trinajstić information content (AvgIpc) is 2.82. The summed E-state index contributed by atoms with van der Waals surface area (Å²) in [6.45, 7) is 3.51. The first-order valence-corrected chi connectivity index (χ1v) is 7.86. The Kier molecular flexibility index (Phi) is 5.88. The van der Waals surface area contributed by atoms with Crippen molar-refractivity contribution in [3.63, 3.8) is 0 Å². The molecule has 3 heteroatoms. The van der Waals surface area contributed by atoms with Crippen LogP contribution in [-0.2, 0) is 0 Å². The van der Waals surface area contributed by atoms with E-state index in [9.17, 15) is 0 Å². The van der Waals surface area contributed by atoms with Crippen LogP contribution in [0.1, 0.15) is 43.6 Å². The lowest BCUT2D eigenvalue weighted by molar-refractivity contribution is 0.230. The van der Waals surface area contributed by atoms with E-state index in [0.717, 1.165) is 19.0 Å². The Balaban J connectivity index is 0.00000147. The summed E-state index contributed by atoms with van der Waals surface area (Å²) >= 11 is 0. The van der Waals surface area contributed by atoms with Crippen molar-refractivity contribution in [3.05, 3.63) is 35.9 Å². The molecule has 1 aliphatic carbocycles. The number of benzene rings is 1. The van der Waals surface area contributed by atoms with Gasteiger partial charge in [0.25, 0.3) is 0 Å². The second-order valence-electron chi connectivity index (χ2n) is 6.40. The molecule has 2 nitrogen and oxygen atoms in total. The van der Waals surface area contributed by atoms with Gasteiger partial charge in [0.1, 0.15) is 0 Å². The summed E-state index contributed by atoms with van der Waals surface area (Å²) < 4.78 is 0. The topological polar surface area (TPSA) is 29.3 Å². The van der Waals surface area contributed by atoms with Gasteiger partial charge in [0.15, 0.2) is 0 Å². The Bertz CT molecular complexity index is 389. The van der Waals surface area contributed by atoms with Crippen molar-refractivity contribution in [3.8, 4) is 0 Å². The zero-order chi connectivity index (χ0) is 13.1. The van der Waals surface area contributed by atoms with E-state index in [-0.39, 0.29) is 12.4 Å². The largest absolute Gasteiger partial charge is 0.326 e. The number of hydrogen-bond acceptors (Lipinski definition) is 2. The van der Waals surface area contributed by atoms with Gasteiger partial charge in [-0.05, 0) is 24.3 Å². The molecule has 3 rings (SSSR count). The van der Waals surface area contributed by atoms with Gasteiger partial charge in [-0.25, -0.2) is 0 Å². The molecule has 0 aromatic heterocycles. The smallest absolute Gasteiger partial charge is 0.0249 e. The van der Waals surface area contributed by atoms with Gasteiger partial charge in [-0.1, -0.05) is 49.6 Å². The van der Waals surface area contributed by atoms with Crippen LogP contribution in [0.15, 0.2) is 30.3 Å². The van der Waals surface area contributed by atoms with E-state index in [1.807, 2.05) is 0 Å². The summed E-state index contributed by atoms with van der Waals surface area (Å²) in [6.07, 6.45) is 7.19. The van der Waals surface area contributed by atoms with Crippen LogP contribution < -0.4 is 5.73 Å². The monoisotopic (exact) mass is 294 g/mol. The summed E-state index contributed by atoms with van der Waals surface area (Å²) in [5, 5.41) is 0. The quantitative estimate of drug-likeness (QED) is 0.925. The van der Waals surface area contributed by atoms with Crippen LogP contribution >= 0.6 is 12.4 Å². The first kappa shape index (κ1) is 15.8. The zero-order valence-corrected chi connectivity index (χ0v) is 13.0. The molecule has 1 heterocycles. The fourth-order valence-corrected chi connectivity index (χ4v) is 3.85. The maximum Gasteiger partial charge on any atom is 0.0249 e. The first-order chi connectivity index (χ1) is 9.33. The van der Waals surface area contributed by atoms with E-state index in [1.54, 1.807) is 0 Å². The second kappa shape index (κ2) is 7.44. The summed E-state index contributed by atoms with van der Waals surface area (Å²) in [4.78, 5) is 2.61. The highest BCUT2D eigenvalue weighted by Crippen LogP contribution is 2.30. The minimum absolute atomic E-state index is 0. The molecule has 20 heavy (non-hydrogen) atoms. The Morgan fingerprint density at radius 3 is 2.40 bits per heavy atom. The van der Waals surface area contributed by atoms with E-state index in [4.69, 9.17) is 5.73 Å². The second-order valence-corrected chi connectivity index (χ2v) is 6.40. The fraction of sp³-hybridized carbons (Fsp3) is 0.647. The molecule has 2 atom stereocenters. The lowest BCUT2D eigenvalue weighted by atomic mass is 9.89. The molecule has 1 aromatic carbocycles. The van der Waals surface area contributed by atoms with Crippen molar-refractivity contribution in [2.24, 2.45) is 11.7 Å². The third-order valence-electron chi connectivity index (χ3n) is 4.91. The Hall–Kier alpha value is -0.570. The predicted octanol–water partition coefficient (Wildman–Crippen LogP) is 3.42. The number of nitrogens with zero attached hydrogens (tertiary/aromatic N) is 1. The lowest BCUT2D eigenvalue weighted by Crippen LogP contribution is -2.31. The van der Waals surface area contributed by atoms with Crippen LogP contribution in [0.4, 0.5) is 0 Å². The SMILES string of the molecule is Cl.N[C@@H]1CN(CC2CCCCC2)C[C@H]1c1ccccc1. The maximum atomic E-state index is 6.36. The predicted molar refractivity (Wildman–Crippen MR) is 87.4 cm³/mol. The summed E-state index contributed by atoms with van der Waals surface area (Å²) in [5.74, 6) is 1.46. The Labute approximate surface area is 129 Å². The number of nitrogens with two attached hydrogens (primary N) is 1. The van der Waals surface area contributed by atoms with E-state index < -0.39 is 0 Å². The van der Waals surface area contributed by atoms with Crippen molar-refractivity contribution in [2.75, 3.05) is 19.6 Å². The van der Waals surface area contributed by atoms with Crippen molar-refractivity contribution < 1.29 is 0 Å². The standard InChI is InChI=1S/C17H26N2.ClH/c18-17-13-19(11-14-7-3-1-4-8-14)12-16(17)15-9-5-2-6-10-15;/h2,5-6,9-10,14,16-17H,1,3-4,7-8,11-13,18H2;1H/t16-,17+;/m0./s1. The lowest BCUT2D eigenvalue weighted by Gasteiger charge is -2.26. The Morgan fingerprint density at radius 2 is 1.70 bits per heavy atom. The van der Waals surface area contributed by atoms with E-state index in [0.29, 0.717) is 12.0 Å². The van der Waals surface area contributed by atoms with Crippen molar-refractivity contribution in [2.45, 2.75) is 44.1 Å². The summed E-state index contributed by atoms with van der Waals surface area (Å²) in [7, 11) is 0. The molecular weight excluding hydrogens is 268 g/mol. The highest BCUT2D eigenvalue weighted by Gasteiger charge is 2.32. The van der Waals surface area contributed by atoms with Crippen LogP contribution in [0, 0.1) is 5.92 Å². The highest BCUT2D eigenvalue weighted by atomic mass is 35.5. The van der Waals surface area contributed by atoms with Crippen LogP contribution in [0.5, 0.6) is 0 Å². The maximum absolute atomic E-state index is 6.36. The molecule has 112 valence electrons. The van der Waals surface area contributed by atoms with Gasteiger partial charge in [0, 0.05) is 31.6 Å². The van der Waals surface area contributed by atoms with Crippen LogP contribution in [0.25, 0.3) is 0 Å². The molecule has 1 aromatic rings. The summed E-state index contributed by atoms with van der Waals surface area (Å²) in [5.41, 5.74) is 7.78. The van der Waals surface area contributed by atoms with Gasteiger partial charge in [-0.15, -0.1) is 12.4 Å². The molecule has 1 saturated heterocycles. The first-order valence-electron chi connectivity index (χ1n) is 7.86. The van der Waals surface area contributed by atoms with Gasteiger partial charge in [0.2, 0.25) is 0 Å². The zero-order valence-electron chi connectivity index (χ0n) is 12.2. The number of hydrogen-bond donors (Lipinski definition) is 1. The molecule has 1 aliphatic heterocycles. The van der Waals surface area contributed by atoms with E-state index in [2.05, 4.69) is 35.2 Å². The number of rotatable bonds is 3. The Morgan fingerprint density at radius 1 is 1.00 bits per heavy atom. The normalized spacial score (nSPS) is 28.2. The third kappa shape index (κ3) is 3.75. The number of halogens is 1. The van der Waals surface area contributed by atoms with Gasteiger partial charge in [0.05, 0.1) is 0 Å². The van der Waals surface area contributed by atoms with Crippen molar-refractivity contribution in [1.29, 1.82) is 0 Å². The van der Waals surface area contributed by atoms with Gasteiger partial charge < -0.3 is 10.6 Å². The molecule has 0 radical (unpaired) electrons. The van der Waals surface area contributed by atoms with Crippen LogP contribution in [0.3, 0.4) is 0 Å². The van der Waals surface area contributed by atoms with E-state index >= 15 is 0 Å². The van der Waals surface area contributed by atoms with Crippen molar-refractivity contribution in [1.82, 2.24) is 4.90 Å². The van der Waals surface area contributed by atoms with Gasteiger partial charge in [-0.2, -0.15) is 0 Å². The molecule has 2 aliphatic rings. The minimum Gasteiger partial charge on any atom is -0.326 e. The minimum atomic E-state index is 0.